The molecule has 0 fully saturated rings. The molecule has 0 spiro atoms. The van der Waals surface area contributed by atoms with Crippen LogP contribution in [0.1, 0.15) is 44.2 Å². The predicted molar refractivity (Wildman–Crippen MR) is 80.9 cm³/mol. The summed E-state index contributed by atoms with van der Waals surface area (Å²) in [6, 6.07) is 9.07. The van der Waals surface area contributed by atoms with Crippen LogP contribution in [0.4, 0.5) is 0 Å². The fourth-order valence-electron chi connectivity index (χ4n) is 2.02. The molecule has 0 aliphatic heterocycles. The van der Waals surface area contributed by atoms with Gasteiger partial charge in [-0.1, -0.05) is 35.0 Å². The third kappa shape index (κ3) is 5.98. The number of rotatable bonds is 9. The number of hydrogen-bond acceptors (Lipinski definition) is 2. The van der Waals surface area contributed by atoms with Crippen LogP contribution in [-0.2, 0) is 4.74 Å². The molecule has 1 unspecified atom stereocenters. The van der Waals surface area contributed by atoms with E-state index in [0.717, 1.165) is 30.5 Å². The van der Waals surface area contributed by atoms with E-state index in [-0.39, 0.29) is 0 Å². The third-order valence-corrected chi connectivity index (χ3v) is 3.63. The molecule has 0 saturated carbocycles. The van der Waals surface area contributed by atoms with E-state index in [0.29, 0.717) is 6.04 Å². The Kier molecular flexibility index (Phi) is 8.31. The van der Waals surface area contributed by atoms with Crippen molar-refractivity contribution in [1.29, 1.82) is 0 Å². The quantitative estimate of drug-likeness (QED) is 0.686. The van der Waals surface area contributed by atoms with Gasteiger partial charge >= 0.3 is 0 Å². The van der Waals surface area contributed by atoms with Crippen molar-refractivity contribution in [2.45, 2.75) is 38.6 Å². The molecule has 3 heteroatoms. The Morgan fingerprint density at radius 1 is 1.17 bits per heavy atom. The molecule has 0 saturated heterocycles. The van der Waals surface area contributed by atoms with E-state index in [1.807, 2.05) is 0 Å². The third-order valence-electron chi connectivity index (χ3n) is 3.10. The van der Waals surface area contributed by atoms with Crippen LogP contribution in [0.2, 0.25) is 0 Å². The molecule has 1 rings (SSSR count). The van der Waals surface area contributed by atoms with E-state index < -0.39 is 0 Å². The zero-order valence-electron chi connectivity index (χ0n) is 11.4. The lowest BCUT2D eigenvalue weighted by Crippen LogP contribution is -2.21. The molecule has 0 aliphatic carbocycles. The van der Waals surface area contributed by atoms with Crippen LogP contribution in [0.15, 0.2) is 28.7 Å². The van der Waals surface area contributed by atoms with Crippen molar-refractivity contribution in [1.82, 2.24) is 5.32 Å². The predicted octanol–water partition coefficient (Wildman–Crippen LogP) is 4.31. The van der Waals surface area contributed by atoms with E-state index in [1.54, 1.807) is 7.11 Å². The Morgan fingerprint density at radius 3 is 2.50 bits per heavy atom. The molecule has 0 radical (unpaired) electrons. The maximum Gasteiger partial charge on any atom is 0.0462 e. The van der Waals surface area contributed by atoms with Crippen LogP contribution in [0, 0.1) is 0 Å². The number of halogens is 1. The summed E-state index contributed by atoms with van der Waals surface area (Å²) < 4.78 is 6.19. The Hall–Kier alpha value is -0.380. The highest BCUT2D eigenvalue weighted by atomic mass is 79.9. The van der Waals surface area contributed by atoms with Gasteiger partial charge < -0.3 is 10.1 Å². The van der Waals surface area contributed by atoms with Crippen molar-refractivity contribution in [3.05, 3.63) is 34.3 Å². The summed E-state index contributed by atoms with van der Waals surface area (Å²) in [5.74, 6) is 0. The van der Waals surface area contributed by atoms with Crippen molar-refractivity contribution in [3.8, 4) is 0 Å². The molecule has 0 heterocycles. The van der Waals surface area contributed by atoms with Crippen molar-refractivity contribution in [2.75, 3.05) is 20.3 Å². The van der Waals surface area contributed by atoms with Crippen LogP contribution in [0.5, 0.6) is 0 Å². The lowest BCUT2D eigenvalue weighted by Gasteiger charge is -2.17. The Balaban J connectivity index is 2.27. The largest absolute Gasteiger partial charge is 0.385 e. The van der Waals surface area contributed by atoms with Gasteiger partial charge in [-0.25, -0.2) is 0 Å². The van der Waals surface area contributed by atoms with Gasteiger partial charge in [0.2, 0.25) is 0 Å². The lowest BCUT2D eigenvalue weighted by atomic mass is 10.0. The Labute approximate surface area is 119 Å². The van der Waals surface area contributed by atoms with Gasteiger partial charge in [-0.2, -0.15) is 0 Å². The minimum absolute atomic E-state index is 0.473. The number of benzene rings is 1. The molecule has 1 aromatic rings. The summed E-state index contributed by atoms with van der Waals surface area (Å²) in [5.41, 5.74) is 1.37. The van der Waals surface area contributed by atoms with Crippen LogP contribution >= 0.6 is 15.9 Å². The molecule has 1 atom stereocenters. The van der Waals surface area contributed by atoms with E-state index >= 15 is 0 Å². The SMILES string of the molecule is CCC(NCCCCCOC)c1ccc(Br)cc1. The smallest absolute Gasteiger partial charge is 0.0462 e. The normalized spacial score (nSPS) is 12.6. The van der Waals surface area contributed by atoms with Gasteiger partial charge in [-0.3, -0.25) is 0 Å². The van der Waals surface area contributed by atoms with Gasteiger partial charge in [0.1, 0.15) is 0 Å². The highest BCUT2D eigenvalue weighted by Crippen LogP contribution is 2.19. The molecule has 0 aliphatic rings. The number of unbranched alkanes of at least 4 members (excludes halogenated alkanes) is 2. The van der Waals surface area contributed by atoms with Crippen LogP contribution in [0.3, 0.4) is 0 Å². The summed E-state index contributed by atoms with van der Waals surface area (Å²) in [6.45, 7) is 4.19. The van der Waals surface area contributed by atoms with Crippen molar-refractivity contribution < 1.29 is 4.74 Å². The van der Waals surface area contributed by atoms with Gasteiger partial charge in [0, 0.05) is 24.2 Å². The maximum atomic E-state index is 5.05. The topological polar surface area (TPSA) is 21.3 Å². The highest BCUT2D eigenvalue weighted by Gasteiger charge is 2.07. The number of methoxy groups -OCH3 is 1. The first kappa shape index (κ1) is 15.7. The second-order valence-electron chi connectivity index (χ2n) is 4.52. The second kappa shape index (κ2) is 9.54. The molecule has 0 aromatic heterocycles. The van der Waals surface area contributed by atoms with Gasteiger partial charge in [-0.15, -0.1) is 0 Å². The summed E-state index contributed by atoms with van der Waals surface area (Å²) in [6.07, 6.45) is 4.74. The maximum absolute atomic E-state index is 5.05. The van der Waals surface area contributed by atoms with Crippen molar-refractivity contribution in [3.63, 3.8) is 0 Å². The van der Waals surface area contributed by atoms with Crippen molar-refractivity contribution in [2.24, 2.45) is 0 Å². The molecule has 1 N–H and O–H groups in total. The Morgan fingerprint density at radius 2 is 1.89 bits per heavy atom. The molecular weight excluding hydrogens is 290 g/mol. The summed E-state index contributed by atoms with van der Waals surface area (Å²) >= 11 is 3.47. The number of hydrogen-bond donors (Lipinski definition) is 1. The minimum atomic E-state index is 0.473. The van der Waals surface area contributed by atoms with Gasteiger partial charge in [0.05, 0.1) is 0 Å². The number of nitrogens with one attached hydrogen (secondary N) is 1. The standard InChI is InChI=1S/C15H24BrNO/c1-3-15(13-7-9-14(16)10-8-13)17-11-5-4-6-12-18-2/h7-10,15,17H,3-6,11-12H2,1-2H3. The zero-order chi connectivity index (χ0) is 13.2. The molecule has 2 nitrogen and oxygen atoms in total. The summed E-state index contributed by atoms with van der Waals surface area (Å²) in [5, 5.41) is 3.63. The van der Waals surface area contributed by atoms with E-state index in [1.165, 1.54) is 18.4 Å². The van der Waals surface area contributed by atoms with Crippen LogP contribution in [-0.4, -0.2) is 20.3 Å². The van der Waals surface area contributed by atoms with Crippen molar-refractivity contribution >= 4 is 15.9 Å². The molecular formula is C15H24BrNO. The van der Waals surface area contributed by atoms with E-state index in [4.69, 9.17) is 4.74 Å². The van der Waals surface area contributed by atoms with E-state index in [2.05, 4.69) is 52.4 Å². The van der Waals surface area contributed by atoms with Crippen LogP contribution < -0.4 is 5.32 Å². The minimum Gasteiger partial charge on any atom is -0.385 e. The van der Waals surface area contributed by atoms with E-state index in [9.17, 15) is 0 Å². The first-order valence-corrected chi connectivity index (χ1v) is 7.55. The average Bonchev–Trinajstić information content (AvgIpc) is 2.39. The molecule has 0 bridgehead atoms. The van der Waals surface area contributed by atoms with Gasteiger partial charge in [0.15, 0.2) is 0 Å². The number of ether oxygens (including phenoxy) is 1. The first-order valence-electron chi connectivity index (χ1n) is 6.75. The summed E-state index contributed by atoms with van der Waals surface area (Å²) in [4.78, 5) is 0. The fraction of sp³-hybridized carbons (Fsp3) is 0.600. The monoisotopic (exact) mass is 313 g/mol. The van der Waals surface area contributed by atoms with Gasteiger partial charge in [0.25, 0.3) is 0 Å². The van der Waals surface area contributed by atoms with Gasteiger partial charge in [-0.05, 0) is 49.9 Å². The second-order valence-corrected chi connectivity index (χ2v) is 5.44. The molecule has 1 aromatic carbocycles. The zero-order valence-corrected chi connectivity index (χ0v) is 13.0. The highest BCUT2D eigenvalue weighted by molar-refractivity contribution is 9.10. The first-order chi connectivity index (χ1) is 8.77. The molecule has 102 valence electrons. The molecule has 18 heavy (non-hydrogen) atoms. The summed E-state index contributed by atoms with van der Waals surface area (Å²) in [7, 11) is 1.76. The Bertz CT molecular complexity index is 313. The molecule has 0 amide bonds. The van der Waals surface area contributed by atoms with Crippen LogP contribution in [0.25, 0.3) is 0 Å². The average molecular weight is 314 g/mol. The fourth-order valence-corrected chi connectivity index (χ4v) is 2.28. The lowest BCUT2D eigenvalue weighted by molar-refractivity contribution is 0.192.